The molecule has 1 amide bonds. The second-order valence-corrected chi connectivity index (χ2v) is 6.83. The van der Waals surface area contributed by atoms with Gasteiger partial charge in [-0.3, -0.25) is 14.9 Å². The Morgan fingerprint density at radius 3 is 2.46 bits per heavy atom. The van der Waals surface area contributed by atoms with E-state index in [9.17, 15) is 23.3 Å². The van der Waals surface area contributed by atoms with E-state index in [0.717, 1.165) is 49.2 Å². The van der Waals surface area contributed by atoms with E-state index in [1.54, 1.807) is 6.92 Å². The summed E-state index contributed by atoms with van der Waals surface area (Å²) in [6.45, 7) is 3.33. The summed E-state index contributed by atoms with van der Waals surface area (Å²) in [6.07, 6.45) is 2.72. The van der Waals surface area contributed by atoms with E-state index >= 15 is 0 Å². The number of nitro groups is 1. The fraction of sp³-hybridized carbons (Fsp3) is 0.429. The monoisotopic (exact) mass is 356 g/mol. The van der Waals surface area contributed by atoms with Crippen LogP contribution >= 0.6 is 0 Å². The third-order valence-electron chi connectivity index (χ3n) is 3.04. The second kappa shape index (κ2) is 9.08. The summed E-state index contributed by atoms with van der Waals surface area (Å²) < 4.78 is 26.1. The number of hydrogen-bond acceptors (Lipinski definition) is 6. The highest BCUT2D eigenvalue weighted by atomic mass is 32.2. The van der Waals surface area contributed by atoms with Gasteiger partial charge in [-0.15, -0.1) is 0 Å². The van der Waals surface area contributed by atoms with Gasteiger partial charge in [-0.1, -0.05) is 13.3 Å². The summed E-state index contributed by atoms with van der Waals surface area (Å²) in [5, 5.41) is 14.4. The lowest BCUT2D eigenvalue weighted by Gasteiger charge is -2.06. The average Bonchev–Trinajstić information content (AvgIpc) is 2.56. The minimum Gasteiger partial charge on any atom is -0.272 e. The molecule has 9 nitrogen and oxygen atoms in total. The van der Waals surface area contributed by atoms with Gasteiger partial charge in [0.1, 0.15) is 0 Å². The van der Waals surface area contributed by atoms with Crippen molar-refractivity contribution in [3.05, 3.63) is 34.4 Å². The molecule has 0 aliphatic heterocycles. The molecular weight excluding hydrogens is 336 g/mol. The Labute approximate surface area is 140 Å². The zero-order valence-electron chi connectivity index (χ0n) is 13.5. The van der Waals surface area contributed by atoms with Gasteiger partial charge in [-0.2, -0.15) is 5.10 Å². The summed E-state index contributed by atoms with van der Waals surface area (Å²) in [7, 11) is -3.93. The first-order valence-electron chi connectivity index (χ1n) is 7.32. The van der Waals surface area contributed by atoms with Crippen LogP contribution in [-0.2, 0) is 14.8 Å². The van der Waals surface area contributed by atoms with Gasteiger partial charge in [0.25, 0.3) is 11.6 Å². The van der Waals surface area contributed by atoms with E-state index in [2.05, 4.69) is 15.2 Å². The largest absolute Gasteiger partial charge is 0.272 e. The molecule has 0 atom stereocenters. The smallest absolute Gasteiger partial charge is 0.269 e. The number of unbranched alkanes of at least 4 members (excludes halogenated alkanes) is 1. The highest BCUT2D eigenvalue weighted by Gasteiger charge is 2.16. The van der Waals surface area contributed by atoms with Crippen LogP contribution < -0.4 is 10.1 Å². The van der Waals surface area contributed by atoms with Gasteiger partial charge in [-0.05, 0) is 31.9 Å². The third kappa shape index (κ3) is 6.42. The lowest BCUT2D eigenvalue weighted by Crippen LogP contribution is -2.35. The number of carbonyl (C=O) groups is 1. The topological polar surface area (TPSA) is 131 Å². The molecule has 0 bridgehead atoms. The maximum Gasteiger partial charge on any atom is 0.269 e. The van der Waals surface area contributed by atoms with Gasteiger partial charge in [0, 0.05) is 17.8 Å². The Bertz CT molecular complexity index is 713. The molecule has 24 heavy (non-hydrogen) atoms. The predicted molar refractivity (Wildman–Crippen MR) is 89.1 cm³/mol. The van der Waals surface area contributed by atoms with Gasteiger partial charge >= 0.3 is 0 Å². The first-order chi connectivity index (χ1) is 11.3. The minimum atomic E-state index is -3.93. The average molecular weight is 356 g/mol. The van der Waals surface area contributed by atoms with Crippen LogP contribution in [0.5, 0.6) is 0 Å². The van der Waals surface area contributed by atoms with Crippen molar-refractivity contribution in [2.45, 2.75) is 38.0 Å². The first kappa shape index (κ1) is 19.7. The molecule has 1 aromatic carbocycles. The number of rotatable bonds is 9. The standard InChI is InChI=1S/C14H20N4O5S/c1-3-4-5-11(2)16-17-14(19)10-15-24(22,23)13-8-6-12(7-9-13)18(20)21/h6-9,15H,3-5,10H2,1-2H3,(H,17,19)/b16-11+. The van der Waals surface area contributed by atoms with Crippen molar-refractivity contribution in [3.8, 4) is 0 Å². The summed E-state index contributed by atoms with van der Waals surface area (Å²) >= 11 is 0. The molecule has 0 saturated carbocycles. The van der Waals surface area contributed by atoms with E-state index in [1.807, 2.05) is 6.92 Å². The second-order valence-electron chi connectivity index (χ2n) is 5.06. The van der Waals surface area contributed by atoms with Crippen molar-refractivity contribution in [2.75, 3.05) is 6.54 Å². The van der Waals surface area contributed by atoms with E-state index in [1.165, 1.54) is 0 Å². The lowest BCUT2D eigenvalue weighted by atomic mass is 10.2. The minimum absolute atomic E-state index is 0.163. The van der Waals surface area contributed by atoms with Crippen molar-refractivity contribution in [3.63, 3.8) is 0 Å². The van der Waals surface area contributed by atoms with E-state index in [-0.39, 0.29) is 10.6 Å². The number of sulfonamides is 1. The first-order valence-corrected chi connectivity index (χ1v) is 8.80. The number of amides is 1. The molecule has 0 radical (unpaired) electrons. The SMILES string of the molecule is CCCC/C(C)=N/NC(=O)CNS(=O)(=O)c1ccc([N+](=O)[O-])cc1. The summed E-state index contributed by atoms with van der Waals surface area (Å²) in [6, 6.07) is 4.36. The van der Waals surface area contributed by atoms with Crippen molar-refractivity contribution in [1.29, 1.82) is 0 Å². The fourth-order valence-electron chi connectivity index (χ4n) is 1.68. The normalized spacial score (nSPS) is 12.0. The Morgan fingerprint density at radius 2 is 1.92 bits per heavy atom. The summed E-state index contributed by atoms with van der Waals surface area (Å²) in [4.78, 5) is 21.4. The molecule has 0 saturated heterocycles. The Balaban J connectivity index is 2.58. The Morgan fingerprint density at radius 1 is 1.29 bits per heavy atom. The number of hydrazone groups is 1. The molecule has 0 spiro atoms. The quantitative estimate of drug-likeness (QED) is 0.394. The molecule has 0 aromatic heterocycles. The van der Waals surface area contributed by atoms with Crippen molar-refractivity contribution in [2.24, 2.45) is 5.10 Å². The number of non-ortho nitro benzene ring substituents is 1. The van der Waals surface area contributed by atoms with Gasteiger partial charge in [0.15, 0.2) is 0 Å². The maximum absolute atomic E-state index is 12.0. The molecule has 0 aliphatic carbocycles. The number of carbonyl (C=O) groups excluding carboxylic acids is 1. The summed E-state index contributed by atoms with van der Waals surface area (Å²) in [5.74, 6) is -0.601. The highest BCUT2D eigenvalue weighted by molar-refractivity contribution is 7.89. The van der Waals surface area contributed by atoms with E-state index in [0.29, 0.717) is 0 Å². The predicted octanol–water partition coefficient (Wildman–Crippen LogP) is 1.56. The van der Waals surface area contributed by atoms with E-state index in [4.69, 9.17) is 0 Å². The van der Waals surface area contributed by atoms with Gasteiger partial charge in [-0.25, -0.2) is 18.6 Å². The fourth-order valence-corrected chi connectivity index (χ4v) is 2.66. The number of nitro benzene ring substituents is 1. The molecule has 10 heteroatoms. The number of benzene rings is 1. The lowest BCUT2D eigenvalue weighted by molar-refractivity contribution is -0.384. The van der Waals surface area contributed by atoms with Crippen LogP contribution in [0.1, 0.15) is 33.1 Å². The van der Waals surface area contributed by atoms with Gasteiger partial charge in [0.05, 0.1) is 16.4 Å². The zero-order chi connectivity index (χ0) is 18.2. The van der Waals surface area contributed by atoms with Crippen LogP contribution in [0.15, 0.2) is 34.3 Å². The Kier molecular flexibility index (Phi) is 7.46. The van der Waals surface area contributed by atoms with Crippen molar-refractivity contribution < 1.29 is 18.1 Å². The van der Waals surface area contributed by atoms with Crippen LogP contribution in [0.3, 0.4) is 0 Å². The molecule has 0 unspecified atom stereocenters. The highest BCUT2D eigenvalue weighted by Crippen LogP contribution is 2.15. The molecular formula is C14H20N4O5S. The van der Waals surface area contributed by atoms with Crippen molar-refractivity contribution in [1.82, 2.24) is 10.1 Å². The van der Waals surface area contributed by atoms with Crippen molar-refractivity contribution >= 4 is 27.3 Å². The molecule has 2 N–H and O–H groups in total. The third-order valence-corrected chi connectivity index (χ3v) is 4.46. The number of nitrogens with zero attached hydrogens (tertiary/aromatic N) is 2. The molecule has 0 aliphatic rings. The Hall–Kier alpha value is -2.33. The molecule has 1 aromatic rings. The number of hydrogen-bond donors (Lipinski definition) is 2. The molecule has 1 rings (SSSR count). The van der Waals surface area contributed by atoms with E-state index < -0.39 is 27.4 Å². The molecule has 0 fully saturated rings. The zero-order valence-corrected chi connectivity index (χ0v) is 14.3. The van der Waals surface area contributed by atoms with Gasteiger partial charge in [0.2, 0.25) is 10.0 Å². The van der Waals surface area contributed by atoms with Crippen LogP contribution in [-0.4, -0.2) is 31.5 Å². The van der Waals surface area contributed by atoms with Gasteiger partial charge < -0.3 is 0 Å². The van der Waals surface area contributed by atoms with Crippen LogP contribution in [0, 0.1) is 10.1 Å². The molecule has 132 valence electrons. The summed E-state index contributed by atoms with van der Waals surface area (Å²) in [5.41, 5.74) is 2.81. The van der Waals surface area contributed by atoms with Crippen LogP contribution in [0.4, 0.5) is 5.69 Å². The van der Waals surface area contributed by atoms with Crippen LogP contribution in [0.25, 0.3) is 0 Å². The maximum atomic E-state index is 12.0. The molecule has 0 heterocycles. The number of nitrogens with one attached hydrogen (secondary N) is 2. The van der Waals surface area contributed by atoms with Crippen LogP contribution in [0.2, 0.25) is 0 Å².